The predicted octanol–water partition coefficient (Wildman–Crippen LogP) is 3.43. The highest BCUT2D eigenvalue weighted by Gasteiger charge is 2.34. The molecule has 1 aliphatic heterocycles. The molecule has 1 saturated heterocycles. The Morgan fingerprint density at radius 3 is 2.67 bits per heavy atom. The average Bonchev–Trinajstić information content (AvgIpc) is 3.36. The molecule has 192 valence electrons. The average molecular weight is 544 g/mol. The Labute approximate surface area is 212 Å². The van der Waals surface area contributed by atoms with Crippen molar-refractivity contribution in [3.63, 3.8) is 0 Å². The minimum absolute atomic E-state index is 0.148. The first-order chi connectivity index (χ1) is 17.1. The van der Waals surface area contributed by atoms with E-state index in [1.165, 1.54) is 12.5 Å². The second kappa shape index (κ2) is 11.0. The number of nitrogens with zero attached hydrogens (tertiary/aromatic N) is 5. The maximum absolute atomic E-state index is 13.0. The number of rotatable bonds is 7. The zero-order chi connectivity index (χ0) is 25.9. The molecule has 2 atom stereocenters. The number of aromatic nitrogens is 4. The topological polar surface area (TPSA) is 125 Å². The number of aliphatic hydroxyl groups excluding tert-OH is 1. The molecule has 1 aliphatic rings. The maximum Gasteiger partial charge on any atom is 0.418 e. The van der Waals surface area contributed by atoms with Gasteiger partial charge >= 0.3 is 6.18 Å². The molecule has 0 bridgehead atoms. The molecule has 36 heavy (non-hydrogen) atoms. The number of ether oxygens (including phenoxy) is 1. The van der Waals surface area contributed by atoms with Gasteiger partial charge in [-0.25, -0.2) is 19.9 Å². The molecule has 1 fully saturated rings. The van der Waals surface area contributed by atoms with E-state index in [-0.39, 0.29) is 10.7 Å². The molecule has 2 unspecified atom stereocenters. The lowest BCUT2D eigenvalue weighted by Gasteiger charge is -2.28. The van der Waals surface area contributed by atoms with Crippen molar-refractivity contribution in [1.29, 1.82) is 0 Å². The van der Waals surface area contributed by atoms with Crippen molar-refractivity contribution < 1.29 is 27.8 Å². The van der Waals surface area contributed by atoms with Crippen molar-refractivity contribution in [1.82, 2.24) is 25.3 Å². The number of amides is 1. The number of hydrogen-bond donors (Lipinski definition) is 3. The van der Waals surface area contributed by atoms with Gasteiger partial charge in [0, 0.05) is 25.4 Å². The van der Waals surface area contributed by atoms with E-state index in [0.29, 0.717) is 48.9 Å². The van der Waals surface area contributed by atoms with Crippen LogP contribution in [0, 0.1) is 0 Å². The van der Waals surface area contributed by atoms with Crippen LogP contribution in [0.2, 0.25) is 5.02 Å². The van der Waals surface area contributed by atoms with Crippen LogP contribution in [0.15, 0.2) is 30.9 Å². The number of thiazole rings is 1. The van der Waals surface area contributed by atoms with Crippen molar-refractivity contribution in [2.24, 2.45) is 0 Å². The first-order valence-electron chi connectivity index (χ1n) is 10.7. The summed E-state index contributed by atoms with van der Waals surface area (Å²) < 4.78 is 44.5. The first-order valence-corrected chi connectivity index (χ1v) is 11.9. The highest BCUT2D eigenvalue weighted by molar-refractivity contribution is 7.13. The van der Waals surface area contributed by atoms with E-state index in [4.69, 9.17) is 16.3 Å². The van der Waals surface area contributed by atoms with E-state index in [1.54, 1.807) is 13.0 Å². The molecule has 3 aromatic rings. The molecule has 4 heterocycles. The number of carbonyl (C=O) groups excluding carboxylic acids is 1. The fourth-order valence-electron chi connectivity index (χ4n) is 3.36. The number of alkyl halides is 3. The quantitative estimate of drug-likeness (QED) is 0.384. The predicted molar refractivity (Wildman–Crippen MR) is 126 cm³/mol. The van der Waals surface area contributed by atoms with Gasteiger partial charge in [-0.05, 0) is 13.0 Å². The van der Waals surface area contributed by atoms with E-state index < -0.39 is 34.9 Å². The zero-order valence-corrected chi connectivity index (χ0v) is 20.4. The highest BCUT2D eigenvalue weighted by atomic mass is 35.5. The van der Waals surface area contributed by atoms with Crippen LogP contribution in [0.4, 0.5) is 24.8 Å². The van der Waals surface area contributed by atoms with Crippen molar-refractivity contribution in [3.05, 3.63) is 57.0 Å². The summed E-state index contributed by atoms with van der Waals surface area (Å²) in [5.41, 5.74) is -0.741. The third kappa shape index (κ3) is 6.25. The minimum Gasteiger partial charge on any atom is -0.378 e. The molecule has 4 rings (SSSR count). The van der Waals surface area contributed by atoms with Crippen LogP contribution in [-0.2, 0) is 10.9 Å². The molecular formula is C21H21ClF3N7O3S. The Balaban J connectivity index is 1.39. The number of pyridine rings is 1. The molecule has 0 aromatic carbocycles. The molecule has 0 spiro atoms. The summed E-state index contributed by atoms with van der Waals surface area (Å²) in [6.07, 6.45) is -2.34. The maximum atomic E-state index is 13.0. The summed E-state index contributed by atoms with van der Waals surface area (Å²) in [5.74, 6) is -0.303. The van der Waals surface area contributed by atoms with E-state index in [2.05, 4.69) is 30.6 Å². The number of halogens is 4. The number of morpholine rings is 1. The van der Waals surface area contributed by atoms with Crippen LogP contribution in [0.3, 0.4) is 0 Å². The SMILES string of the molecule is CC(NC(O)c1cc(N2CCOCC2)ncn1)c1ncc(C(=O)Nc2cc(C(F)(F)F)c(Cl)cn2)s1. The first kappa shape index (κ1) is 26.2. The molecule has 3 N–H and O–H groups in total. The Morgan fingerprint density at radius 1 is 1.19 bits per heavy atom. The largest absolute Gasteiger partial charge is 0.418 e. The summed E-state index contributed by atoms with van der Waals surface area (Å²) in [6.45, 7) is 4.29. The fourth-order valence-corrected chi connectivity index (χ4v) is 4.40. The van der Waals surface area contributed by atoms with Gasteiger partial charge in [-0.3, -0.25) is 10.1 Å². The Bertz CT molecular complexity index is 1220. The van der Waals surface area contributed by atoms with Crippen LogP contribution < -0.4 is 15.5 Å². The molecule has 3 aromatic heterocycles. The monoisotopic (exact) mass is 543 g/mol. The van der Waals surface area contributed by atoms with E-state index in [9.17, 15) is 23.1 Å². The van der Waals surface area contributed by atoms with Crippen molar-refractivity contribution in [3.8, 4) is 0 Å². The fraction of sp³-hybridized carbons (Fsp3) is 0.381. The molecule has 0 radical (unpaired) electrons. The lowest BCUT2D eigenvalue weighted by atomic mass is 10.2. The zero-order valence-electron chi connectivity index (χ0n) is 18.8. The van der Waals surface area contributed by atoms with Crippen LogP contribution in [0.5, 0.6) is 0 Å². The van der Waals surface area contributed by atoms with Crippen LogP contribution in [-0.4, -0.2) is 57.3 Å². The highest BCUT2D eigenvalue weighted by Crippen LogP contribution is 2.35. The van der Waals surface area contributed by atoms with Crippen molar-refractivity contribution in [2.75, 3.05) is 36.5 Å². The third-order valence-electron chi connectivity index (χ3n) is 5.22. The number of hydrogen-bond acceptors (Lipinski definition) is 10. The van der Waals surface area contributed by atoms with E-state index in [1.807, 2.05) is 4.90 Å². The second-order valence-corrected chi connectivity index (χ2v) is 9.22. The lowest BCUT2D eigenvalue weighted by Crippen LogP contribution is -2.37. The van der Waals surface area contributed by atoms with Gasteiger partial charge in [0.25, 0.3) is 5.91 Å². The Kier molecular flexibility index (Phi) is 8.00. The third-order valence-corrected chi connectivity index (χ3v) is 6.70. The van der Waals surface area contributed by atoms with E-state index >= 15 is 0 Å². The summed E-state index contributed by atoms with van der Waals surface area (Å²) in [5, 5.41) is 15.8. The molecule has 0 aliphatic carbocycles. The number of nitrogens with one attached hydrogen (secondary N) is 2. The van der Waals surface area contributed by atoms with E-state index in [0.717, 1.165) is 17.5 Å². The van der Waals surface area contributed by atoms with Crippen LogP contribution in [0.1, 0.15) is 45.1 Å². The van der Waals surface area contributed by atoms with Gasteiger partial charge in [0.15, 0.2) is 0 Å². The second-order valence-electron chi connectivity index (χ2n) is 7.76. The molecular weight excluding hydrogens is 523 g/mol. The van der Waals surface area contributed by atoms with Crippen LogP contribution in [0.25, 0.3) is 0 Å². The minimum atomic E-state index is -4.69. The number of carbonyl (C=O) groups is 1. The van der Waals surface area contributed by atoms with Gasteiger partial charge in [0.05, 0.1) is 41.7 Å². The summed E-state index contributed by atoms with van der Waals surface area (Å²) in [7, 11) is 0. The number of aliphatic hydroxyl groups is 1. The summed E-state index contributed by atoms with van der Waals surface area (Å²) in [4.78, 5) is 31.0. The van der Waals surface area contributed by atoms with Crippen molar-refractivity contribution >= 4 is 40.5 Å². The summed E-state index contributed by atoms with van der Waals surface area (Å²) in [6, 6.07) is 1.87. The van der Waals surface area contributed by atoms with Gasteiger partial charge in [0.2, 0.25) is 0 Å². The van der Waals surface area contributed by atoms with Gasteiger partial charge in [-0.2, -0.15) is 13.2 Å². The molecule has 15 heteroatoms. The molecule has 10 nitrogen and oxygen atoms in total. The van der Waals surface area contributed by atoms with Crippen molar-refractivity contribution in [2.45, 2.75) is 25.4 Å². The van der Waals surface area contributed by atoms with Gasteiger partial charge < -0.3 is 20.1 Å². The normalized spacial score (nSPS) is 16.0. The summed E-state index contributed by atoms with van der Waals surface area (Å²) >= 11 is 6.58. The smallest absolute Gasteiger partial charge is 0.378 e. The number of anilines is 2. The Morgan fingerprint density at radius 2 is 1.94 bits per heavy atom. The van der Waals surface area contributed by atoms with Gasteiger partial charge in [-0.15, -0.1) is 11.3 Å². The van der Waals surface area contributed by atoms with Crippen LogP contribution >= 0.6 is 22.9 Å². The van der Waals surface area contributed by atoms with Gasteiger partial charge in [-0.1, -0.05) is 11.6 Å². The Hall–Kier alpha value is -2.91. The standard InChI is InChI=1S/C21H21ClF3N7O3S/c1-11(30-18(33)14-7-17(29-10-28-14)32-2-4-35-5-3-32)20-27-9-15(36-20)19(34)31-16-6-12(21(23,24)25)13(22)8-26-16/h6-11,18,30,33H,2-5H2,1H3,(H,26,31,34). The van der Waals surface area contributed by atoms with Gasteiger partial charge in [0.1, 0.15) is 34.1 Å². The lowest BCUT2D eigenvalue weighted by molar-refractivity contribution is -0.137. The molecule has 0 saturated carbocycles. The molecule has 1 amide bonds.